The van der Waals surface area contributed by atoms with E-state index in [0.29, 0.717) is 25.0 Å². The first kappa shape index (κ1) is 44.1. The molecule has 2 rings (SSSR count). The molecule has 0 spiro atoms. The van der Waals surface area contributed by atoms with Gasteiger partial charge in [-0.3, -0.25) is 4.79 Å². The van der Waals surface area contributed by atoms with Gasteiger partial charge in [0, 0.05) is 22.9 Å². The molecule has 0 unspecified atom stereocenters. The molecule has 50 heavy (non-hydrogen) atoms. The highest BCUT2D eigenvalue weighted by atomic mass is 79.9. The lowest BCUT2D eigenvalue weighted by Gasteiger charge is -2.53. The molecule has 0 aliphatic heterocycles. The summed E-state index contributed by atoms with van der Waals surface area (Å²) in [5, 5.41) is 12.0. The van der Waals surface area contributed by atoms with Crippen molar-refractivity contribution in [3.05, 3.63) is 80.4 Å². The number of hydrogen-bond acceptors (Lipinski definition) is 5. The summed E-state index contributed by atoms with van der Waals surface area (Å²) < 4.78 is 13.3. The Balaban J connectivity index is 2.08. The van der Waals surface area contributed by atoms with Crippen molar-refractivity contribution in [2.45, 2.75) is 157 Å². The van der Waals surface area contributed by atoms with Crippen LogP contribution >= 0.6 is 15.9 Å². The van der Waals surface area contributed by atoms with E-state index in [2.05, 4.69) is 82.7 Å². The Kier molecular flexibility index (Phi) is 16.9. The zero-order valence-corrected chi connectivity index (χ0v) is 35.9. The maximum Gasteiger partial charge on any atom is 0.338 e. The highest BCUT2D eigenvalue weighted by Gasteiger charge is 2.52. The van der Waals surface area contributed by atoms with E-state index in [0.717, 1.165) is 66.9 Å². The fourth-order valence-corrected chi connectivity index (χ4v) is 8.23. The lowest BCUT2D eigenvalue weighted by Crippen LogP contribution is -2.52. The first-order valence-corrected chi connectivity index (χ1v) is 22.3. The molecule has 1 saturated carbocycles. The van der Waals surface area contributed by atoms with E-state index in [4.69, 9.17) is 9.16 Å². The average molecular weight is 772 g/mol. The molecule has 1 aromatic carbocycles. The second-order valence-electron chi connectivity index (χ2n) is 16.9. The Morgan fingerprint density at radius 3 is 2.24 bits per heavy atom. The lowest BCUT2D eigenvalue weighted by molar-refractivity contribution is -0.115. The summed E-state index contributed by atoms with van der Waals surface area (Å²) in [6.45, 7) is 26.6. The van der Waals surface area contributed by atoms with E-state index in [9.17, 15) is 14.7 Å². The van der Waals surface area contributed by atoms with Gasteiger partial charge in [0.25, 0.3) is 0 Å². The van der Waals surface area contributed by atoms with Gasteiger partial charge in [-0.05, 0) is 153 Å². The SMILES string of the molecule is CC(C)=C[C@@H](C/C(C)=C/CC/C(C)=C/CC[C@@]1(C)[C@H](CCCO[Si](C)(C)C(C)(C)C)/C(=C(/C)C=O)CC[C@]1(C)O)OC(=O)c1ccc(Br)cc1. The van der Waals surface area contributed by atoms with Crippen molar-refractivity contribution in [3.8, 4) is 0 Å². The van der Waals surface area contributed by atoms with E-state index in [1.165, 1.54) is 16.7 Å². The Bertz CT molecular complexity index is 1410. The summed E-state index contributed by atoms with van der Waals surface area (Å²) in [5.41, 5.74) is 5.04. The standard InChI is InChI=1S/C43H67BrO5Si/c1-31(2)28-37(49-40(46)35-20-22-36(44)23-21-35)29-33(4)17-13-16-32(3)18-14-25-42(9)39(19-15-27-48-50(11,12)41(6,7)8)38(34(5)30-45)24-26-43(42,10)47/h17-18,20-23,28,30,37,39,47H,13-16,19,24-27,29H2,1-12H3/b32-18+,33-17+,38-34-/t37-,39+,42-,43-/m0/s1. The number of rotatable bonds is 17. The third kappa shape index (κ3) is 12.9. The monoisotopic (exact) mass is 770 g/mol. The van der Waals surface area contributed by atoms with Gasteiger partial charge in [-0.25, -0.2) is 4.79 Å². The van der Waals surface area contributed by atoms with Crippen LogP contribution in [0.3, 0.4) is 0 Å². The molecule has 1 aromatic rings. The fraction of sp³-hybridized carbons (Fsp3) is 0.628. The van der Waals surface area contributed by atoms with Gasteiger partial charge in [0.2, 0.25) is 0 Å². The molecular weight excluding hydrogens is 704 g/mol. The summed E-state index contributed by atoms with van der Waals surface area (Å²) in [7, 11) is -1.84. The van der Waals surface area contributed by atoms with Crippen molar-refractivity contribution in [3.63, 3.8) is 0 Å². The average Bonchev–Trinajstić information content (AvgIpc) is 3.00. The number of esters is 1. The molecule has 1 N–H and O–H groups in total. The van der Waals surface area contributed by atoms with E-state index in [-0.39, 0.29) is 28.4 Å². The van der Waals surface area contributed by atoms with Crippen molar-refractivity contribution in [2.24, 2.45) is 11.3 Å². The smallest absolute Gasteiger partial charge is 0.338 e. The van der Waals surface area contributed by atoms with E-state index < -0.39 is 13.9 Å². The van der Waals surface area contributed by atoms with Gasteiger partial charge in [0.1, 0.15) is 12.4 Å². The number of benzene rings is 1. The normalized spacial score (nSPS) is 23.7. The van der Waals surface area contributed by atoms with Crippen LogP contribution in [0.15, 0.2) is 74.8 Å². The van der Waals surface area contributed by atoms with Crippen molar-refractivity contribution >= 4 is 36.5 Å². The third-order valence-electron chi connectivity index (χ3n) is 11.5. The first-order chi connectivity index (χ1) is 23.1. The summed E-state index contributed by atoms with van der Waals surface area (Å²) in [6.07, 6.45) is 14.8. The lowest BCUT2D eigenvalue weighted by atomic mass is 9.54. The van der Waals surface area contributed by atoms with Gasteiger partial charge in [0.05, 0.1) is 11.2 Å². The molecule has 0 heterocycles. The topological polar surface area (TPSA) is 72.8 Å². The number of aliphatic hydroxyl groups is 1. The summed E-state index contributed by atoms with van der Waals surface area (Å²) in [5.74, 6) is -0.187. The largest absolute Gasteiger partial charge is 0.454 e. The number of allylic oxidation sites excluding steroid dienone is 6. The molecule has 0 saturated heterocycles. The van der Waals surface area contributed by atoms with Crippen molar-refractivity contribution in [1.29, 1.82) is 0 Å². The second-order valence-corrected chi connectivity index (χ2v) is 22.6. The number of carbonyl (C=O) groups is 2. The maximum absolute atomic E-state index is 12.8. The number of halogens is 1. The number of carbonyl (C=O) groups excluding carboxylic acids is 2. The van der Waals surface area contributed by atoms with Crippen molar-refractivity contribution in [2.75, 3.05) is 6.61 Å². The van der Waals surface area contributed by atoms with Crippen LogP contribution in [0.5, 0.6) is 0 Å². The van der Waals surface area contributed by atoms with Crippen LogP contribution in [0, 0.1) is 11.3 Å². The van der Waals surface area contributed by atoms with Crippen LogP contribution in [0.2, 0.25) is 18.1 Å². The van der Waals surface area contributed by atoms with Crippen LogP contribution in [-0.4, -0.2) is 44.0 Å². The highest BCUT2D eigenvalue weighted by Crippen LogP contribution is 2.55. The van der Waals surface area contributed by atoms with Gasteiger partial charge in [-0.2, -0.15) is 0 Å². The minimum atomic E-state index is -1.84. The summed E-state index contributed by atoms with van der Waals surface area (Å²) in [4.78, 5) is 24.8. The molecule has 0 radical (unpaired) electrons. The quantitative estimate of drug-likeness (QED) is 0.0426. The Hall–Kier alpha value is -2.06. The van der Waals surface area contributed by atoms with Gasteiger partial charge in [-0.1, -0.05) is 78.1 Å². The number of ether oxygens (including phenoxy) is 1. The van der Waals surface area contributed by atoms with Crippen molar-refractivity contribution in [1.82, 2.24) is 0 Å². The predicted octanol–water partition coefficient (Wildman–Crippen LogP) is 12.3. The molecule has 0 aromatic heterocycles. The van der Waals surface area contributed by atoms with Gasteiger partial charge >= 0.3 is 5.97 Å². The van der Waals surface area contributed by atoms with Crippen LogP contribution in [0.1, 0.15) is 137 Å². The number of aldehydes is 1. The fourth-order valence-electron chi connectivity index (χ4n) is 6.88. The Labute approximate surface area is 314 Å². The molecule has 1 fully saturated rings. The summed E-state index contributed by atoms with van der Waals surface area (Å²) >= 11 is 3.42. The summed E-state index contributed by atoms with van der Waals surface area (Å²) in [6, 6.07) is 7.24. The molecule has 5 nitrogen and oxygen atoms in total. The minimum Gasteiger partial charge on any atom is -0.454 e. The van der Waals surface area contributed by atoms with Gasteiger partial charge < -0.3 is 14.3 Å². The van der Waals surface area contributed by atoms with E-state index >= 15 is 0 Å². The van der Waals surface area contributed by atoms with E-state index in [1.54, 1.807) is 12.1 Å². The van der Waals surface area contributed by atoms with Crippen LogP contribution < -0.4 is 0 Å². The zero-order valence-electron chi connectivity index (χ0n) is 33.3. The molecule has 1 aliphatic carbocycles. The van der Waals surface area contributed by atoms with Crippen LogP contribution in [0.4, 0.5) is 0 Å². The molecule has 0 bridgehead atoms. The number of hydrogen-bond donors (Lipinski definition) is 1. The molecule has 280 valence electrons. The molecule has 7 heteroatoms. The Morgan fingerprint density at radius 2 is 1.66 bits per heavy atom. The van der Waals surface area contributed by atoms with Crippen molar-refractivity contribution < 1.29 is 23.9 Å². The first-order valence-electron chi connectivity index (χ1n) is 18.6. The van der Waals surface area contributed by atoms with Gasteiger partial charge in [0.15, 0.2) is 8.32 Å². The molecule has 0 amide bonds. The van der Waals surface area contributed by atoms with Gasteiger partial charge in [-0.15, -0.1) is 0 Å². The molecule has 4 atom stereocenters. The minimum absolute atomic E-state index is 0.130. The van der Waals surface area contributed by atoms with Crippen LogP contribution in [0.25, 0.3) is 0 Å². The van der Waals surface area contributed by atoms with Crippen LogP contribution in [-0.2, 0) is 14.0 Å². The highest BCUT2D eigenvalue weighted by molar-refractivity contribution is 9.10. The molecule has 1 aliphatic rings. The van der Waals surface area contributed by atoms with E-state index in [1.807, 2.05) is 45.9 Å². The zero-order chi connectivity index (χ0) is 37.9. The third-order valence-corrected chi connectivity index (χ3v) is 16.5. The Morgan fingerprint density at radius 1 is 1.04 bits per heavy atom. The predicted molar refractivity (Wildman–Crippen MR) is 216 cm³/mol. The second kappa shape index (κ2) is 19.1. The molecular formula is C43H67BrO5Si. The maximum atomic E-state index is 12.8.